The molecule has 2 aromatic carbocycles. The molecule has 0 fully saturated rings. The molecule has 0 unspecified atom stereocenters. The van der Waals surface area contributed by atoms with Crippen molar-refractivity contribution in [1.29, 1.82) is 0 Å². The Balaban J connectivity index is 1.74. The van der Waals surface area contributed by atoms with Crippen LogP contribution in [0.4, 0.5) is 10.1 Å². The number of halogens is 1. The van der Waals surface area contributed by atoms with E-state index in [0.29, 0.717) is 17.9 Å². The summed E-state index contributed by atoms with van der Waals surface area (Å²) in [5.74, 6) is 0.327. The lowest BCUT2D eigenvalue weighted by Crippen LogP contribution is -2.08. The predicted octanol–water partition coefficient (Wildman–Crippen LogP) is 4.54. The third-order valence-corrected chi connectivity index (χ3v) is 4.53. The molecule has 0 bridgehead atoms. The number of aryl methyl sites for hydroxylation is 1. The van der Waals surface area contributed by atoms with Crippen molar-refractivity contribution in [1.82, 2.24) is 4.98 Å². The number of nitrogens with zero attached hydrogens (tertiary/aromatic N) is 1. The number of hydrogen-bond acceptors (Lipinski definition) is 4. The van der Waals surface area contributed by atoms with E-state index >= 15 is 0 Å². The number of anilines is 1. The lowest BCUT2D eigenvalue weighted by Gasteiger charge is -2.11. The molecule has 24 heavy (non-hydrogen) atoms. The molecule has 124 valence electrons. The van der Waals surface area contributed by atoms with Crippen molar-refractivity contribution in [2.45, 2.75) is 26.9 Å². The Hall–Kier alpha value is -2.47. The van der Waals surface area contributed by atoms with Crippen molar-refractivity contribution in [2.75, 3.05) is 5.32 Å². The molecule has 3 aromatic rings. The summed E-state index contributed by atoms with van der Waals surface area (Å²) in [4.78, 5) is 15.6. The first-order chi connectivity index (χ1) is 11.5. The monoisotopic (exact) mass is 344 g/mol. The minimum absolute atomic E-state index is 0.0972. The van der Waals surface area contributed by atoms with Crippen LogP contribution in [0.1, 0.15) is 24.4 Å². The van der Waals surface area contributed by atoms with E-state index in [0.717, 1.165) is 27.4 Å². The van der Waals surface area contributed by atoms with Crippen LogP contribution in [0.5, 0.6) is 5.75 Å². The highest BCUT2D eigenvalue weighted by Crippen LogP contribution is 2.26. The Morgan fingerprint density at radius 1 is 1.29 bits per heavy atom. The van der Waals surface area contributed by atoms with Crippen LogP contribution >= 0.6 is 11.3 Å². The van der Waals surface area contributed by atoms with Gasteiger partial charge in [-0.15, -0.1) is 11.3 Å². The number of nitrogens with one attached hydrogen (secondary N) is 1. The number of rotatable bonds is 5. The molecule has 1 amide bonds. The Kier molecular flexibility index (Phi) is 4.76. The average molecular weight is 344 g/mol. The SMILES string of the molecule is CCc1cc(OCc2nc3cc(F)ccc3s2)ccc1NC(C)=O. The van der Waals surface area contributed by atoms with Gasteiger partial charge in [0.15, 0.2) is 0 Å². The quantitative estimate of drug-likeness (QED) is 0.739. The van der Waals surface area contributed by atoms with Gasteiger partial charge in [-0.3, -0.25) is 4.79 Å². The van der Waals surface area contributed by atoms with E-state index in [1.165, 1.54) is 30.4 Å². The second kappa shape index (κ2) is 6.97. The molecule has 0 saturated heterocycles. The van der Waals surface area contributed by atoms with Crippen LogP contribution in [-0.4, -0.2) is 10.9 Å². The largest absolute Gasteiger partial charge is 0.486 e. The first kappa shape index (κ1) is 16.4. The first-order valence-corrected chi connectivity index (χ1v) is 8.45. The van der Waals surface area contributed by atoms with Gasteiger partial charge in [0.05, 0.1) is 10.2 Å². The number of thiazole rings is 1. The van der Waals surface area contributed by atoms with Crippen LogP contribution in [0.25, 0.3) is 10.2 Å². The van der Waals surface area contributed by atoms with Crippen molar-refractivity contribution in [3.8, 4) is 5.75 Å². The van der Waals surface area contributed by atoms with Gasteiger partial charge in [0.25, 0.3) is 0 Å². The van der Waals surface area contributed by atoms with Crippen LogP contribution in [-0.2, 0) is 17.8 Å². The summed E-state index contributed by atoms with van der Waals surface area (Å²) in [6, 6.07) is 10.1. The summed E-state index contributed by atoms with van der Waals surface area (Å²) >= 11 is 1.49. The molecule has 1 heterocycles. The fourth-order valence-corrected chi connectivity index (χ4v) is 3.28. The van der Waals surface area contributed by atoms with Crippen molar-refractivity contribution >= 4 is 33.1 Å². The third-order valence-electron chi connectivity index (χ3n) is 3.52. The molecule has 0 spiro atoms. The van der Waals surface area contributed by atoms with Crippen molar-refractivity contribution in [3.63, 3.8) is 0 Å². The van der Waals surface area contributed by atoms with Crippen LogP contribution < -0.4 is 10.1 Å². The van der Waals surface area contributed by atoms with E-state index < -0.39 is 0 Å². The van der Waals surface area contributed by atoms with E-state index in [-0.39, 0.29) is 11.7 Å². The third kappa shape index (κ3) is 3.71. The molecule has 0 radical (unpaired) electrons. The lowest BCUT2D eigenvalue weighted by atomic mass is 10.1. The van der Waals surface area contributed by atoms with Gasteiger partial charge < -0.3 is 10.1 Å². The Morgan fingerprint density at radius 2 is 2.12 bits per heavy atom. The summed E-state index contributed by atoms with van der Waals surface area (Å²) in [6.45, 7) is 3.83. The second-order valence-electron chi connectivity index (χ2n) is 5.36. The van der Waals surface area contributed by atoms with Crippen molar-refractivity contribution in [2.24, 2.45) is 0 Å². The van der Waals surface area contributed by atoms with E-state index in [2.05, 4.69) is 10.3 Å². The number of amides is 1. The summed E-state index contributed by atoms with van der Waals surface area (Å²) in [5, 5.41) is 3.60. The fraction of sp³-hybridized carbons (Fsp3) is 0.222. The van der Waals surface area contributed by atoms with Crippen molar-refractivity contribution < 1.29 is 13.9 Å². The predicted molar refractivity (Wildman–Crippen MR) is 94.0 cm³/mol. The number of carbonyl (C=O) groups is 1. The zero-order chi connectivity index (χ0) is 17.1. The summed E-state index contributed by atoms with van der Waals surface area (Å²) in [7, 11) is 0. The number of fused-ring (bicyclic) bond motifs is 1. The summed E-state index contributed by atoms with van der Waals surface area (Å²) in [5.41, 5.74) is 2.45. The Morgan fingerprint density at radius 3 is 2.88 bits per heavy atom. The minimum Gasteiger partial charge on any atom is -0.486 e. The maximum absolute atomic E-state index is 13.2. The zero-order valence-electron chi connectivity index (χ0n) is 13.4. The van der Waals surface area contributed by atoms with Gasteiger partial charge >= 0.3 is 0 Å². The maximum atomic E-state index is 13.2. The lowest BCUT2D eigenvalue weighted by molar-refractivity contribution is -0.114. The van der Waals surface area contributed by atoms with E-state index in [1.54, 1.807) is 6.07 Å². The Bertz CT molecular complexity index is 892. The highest BCUT2D eigenvalue weighted by atomic mass is 32.1. The smallest absolute Gasteiger partial charge is 0.221 e. The first-order valence-electron chi connectivity index (χ1n) is 7.63. The molecule has 4 nitrogen and oxygen atoms in total. The number of ether oxygens (including phenoxy) is 1. The molecule has 6 heteroatoms. The van der Waals surface area contributed by atoms with Gasteiger partial charge in [-0.1, -0.05) is 6.92 Å². The Labute approximate surface area is 143 Å². The van der Waals surface area contributed by atoms with Crippen LogP contribution in [0.2, 0.25) is 0 Å². The van der Waals surface area contributed by atoms with Crippen molar-refractivity contribution in [3.05, 3.63) is 52.8 Å². The van der Waals surface area contributed by atoms with Crippen LogP contribution in [0.15, 0.2) is 36.4 Å². The molecule has 1 aromatic heterocycles. The molecular formula is C18H17FN2O2S. The van der Waals surface area contributed by atoms with Crippen LogP contribution in [0, 0.1) is 5.82 Å². The van der Waals surface area contributed by atoms with Gasteiger partial charge in [0, 0.05) is 18.7 Å². The van der Waals surface area contributed by atoms with E-state index in [4.69, 9.17) is 4.74 Å². The van der Waals surface area contributed by atoms with Gasteiger partial charge in [0.2, 0.25) is 5.91 Å². The van der Waals surface area contributed by atoms with Gasteiger partial charge in [-0.2, -0.15) is 0 Å². The fourth-order valence-electron chi connectivity index (χ4n) is 2.42. The average Bonchev–Trinajstić information content (AvgIpc) is 2.95. The molecule has 3 rings (SSSR count). The second-order valence-corrected chi connectivity index (χ2v) is 6.48. The topological polar surface area (TPSA) is 51.2 Å². The molecular weight excluding hydrogens is 327 g/mol. The highest BCUT2D eigenvalue weighted by molar-refractivity contribution is 7.18. The molecule has 0 aliphatic rings. The minimum atomic E-state index is -0.290. The molecule has 0 aliphatic carbocycles. The molecule has 1 N–H and O–H groups in total. The highest BCUT2D eigenvalue weighted by Gasteiger charge is 2.08. The van der Waals surface area contributed by atoms with Gasteiger partial charge in [0.1, 0.15) is 23.2 Å². The summed E-state index contributed by atoms with van der Waals surface area (Å²) < 4.78 is 19.9. The van der Waals surface area contributed by atoms with E-state index in [1.807, 2.05) is 25.1 Å². The zero-order valence-corrected chi connectivity index (χ0v) is 14.2. The molecule has 0 saturated carbocycles. The van der Waals surface area contributed by atoms with Gasteiger partial charge in [-0.25, -0.2) is 9.37 Å². The molecule has 0 atom stereocenters. The number of carbonyl (C=O) groups excluding carboxylic acids is 1. The number of aromatic nitrogens is 1. The summed E-state index contributed by atoms with van der Waals surface area (Å²) in [6.07, 6.45) is 0.785. The maximum Gasteiger partial charge on any atom is 0.221 e. The van der Waals surface area contributed by atoms with E-state index in [9.17, 15) is 9.18 Å². The number of hydrogen-bond donors (Lipinski definition) is 1. The number of benzene rings is 2. The normalized spacial score (nSPS) is 10.8. The van der Waals surface area contributed by atoms with Crippen LogP contribution in [0.3, 0.4) is 0 Å². The standard InChI is InChI=1S/C18H17FN2O2S/c1-3-12-8-14(5-6-15(12)20-11(2)22)23-10-18-21-16-9-13(19)4-7-17(16)24-18/h4-9H,3,10H2,1-2H3,(H,20,22). The molecule has 0 aliphatic heterocycles. The van der Waals surface area contributed by atoms with Gasteiger partial charge in [-0.05, 0) is 42.3 Å².